The first kappa shape index (κ1) is 21.4. The van der Waals surface area contributed by atoms with E-state index in [1.807, 2.05) is 49.5 Å². The molecule has 158 valence electrons. The van der Waals surface area contributed by atoms with Gasteiger partial charge in [0.2, 0.25) is 0 Å². The van der Waals surface area contributed by atoms with Crippen molar-refractivity contribution in [2.24, 2.45) is 0 Å². The molecule has 1 heterocycles. The fourth-order valence-corrected chi connectivity index (χ4v) is 3.74. The van der Waals surface area contributed by atoms with Crippen LogP contribution in [0.15, 0.2) is 48.5 Å². The zero-order valence-corrected chi connectivity index (χ0v) is 17.6. The lowest BCUT2D eigenvalue weighted by molar-refractivity contribution is 0.00821. The number of hydrogen-bond donors (Lipinski definition) is 1. The third kappa shape index (κ3) is 5.85. The molecule has 6 heteroatoms. The molecule has 2 aromatic rings. The number of rotatable bonds is 10. The molecule has 0 fully saturated rings. The average molecular weight is 401 g/mol. The van der Waals surface area contributed by atoms with Gasteiger partial charge >= 0.3 is 0 Å². The van der Waals surface area contributed by atoms with Gasteiger partial charge in [-0.3, -0.25) is 4.90 Å². The number of nitrogens with zero attached hydrogens (tertiary/aromatic N) is 2. The zero-order chi connectivity index (χ0) is 20.6. The van der Waals surface area contributed by atoms with Crippen LogP contribution in [-0.2, 0) is 11.3 Å². The summed E-state index contributed by atoms with van der Waals surface area (Å²) in [6.07, 6.45) is -0.496. The number of aliphatic hydroxyl groups excluding tert-OH is 1. The van der Waals surface area contributed by atoms with Crippen LogP contribution in [0.2, 0.25) is 0 Å². The van der Waals surface area contributed by atoms with Gasteiger partial charge in [0.05, 0.1) is 38.7 Å². The van der Waals surface area contributed by atoms with Gasteiger partial charge in [0.25, 0.3) is 0 Å². The van der Waals surface area contributed by atoms with E-state index in [-0.39, 0.29) is 12.7 Å². The molecular weight excluding hydrogens is 368 g/mol. The van der Waals surface area contributed by atoms with E-state index in [0.29, 0.717) is 13.2 Å². The van der Waals surface area contributed by atoms with Crippen LogP contribution >= 0.6 is 0 Å². The molecule has 0 spiro atoms. The standard InChI is InChI=1S/C23H32N2O4/c1-4-25-15-20(29-23-12-8-6-10-21(23)25)14-24(2)13-19(26)17-28-16-18-9-5-7-11-22(18)27-3/h5-12,19-20,26H,4,13-17H2,1-3H3/t19-,20-/m1/s1. The van der Waals surface area contributed by atoms with E-state index in [1.54, 1.807) is 7.11 Å². The Balaban J connectivity index is 1.44. The Morgan fingerprint density at radius 1 is 1.21 bits per heavy atom. The normalized spacial score (nSPS) is 17.0. The molecule has 0 unspecified atom stereocenters. The van der Waals surface area contributed by atoms with Crippen LogP contribution in [0.1, 0.15) is 12.5 Å². The van der Waals surface area contributed by atoms with Crippen molar-refractivity contribution in [1.82, 2.24) is 4.90 Å². The molecular formula is C23H32N2O4. The van der Waals surface area contributed by atoms with Crippen molar-refractivity contribution < 1.29 is 19.3 Å². The molecule has 0 saturated heterocycles. The van der Waals surface area contributed by atoms with Gasteiger partial charge in [0, 0.05) is 25.2 Å². The van der Waals surface area contributed by atoms with Gasteiger partial charge in [-0.15, -0.1) is 0 Å². The highest BCUT2D eigenvalue weighted by Gasteiger charge is 2.25. The maximum absolute atomic E-state index is 10.4. The number of para-hydroxylation sites is 3. The Kier molecular flexibility index (Phi) is 7.75. The van der Waals surface area contributed by atoms with E-state index < -0.39 is 6.10 Å². The lowest BCUT2D eigenvalue weighted by Gasteiger charge is -2.37. The van der Waals surface area contributed by atoms with Gasteiger partial charge in [-0.1, -0.05) is 30.3 Å². The summed E-state index contributed by atoms with van der Waals surface area (Å²) >= 11 is 0. The van der Waals surface area contributed by atoms with Crippen LogP contribution in [0.3, 0.4) is 0 Å². The first-order chi connectivity index (χ1) is 14.1. The van der Waals surface area contributed by atoms with Gasteiger partial charge in [-0.25, -0.2) is 0 Å². The second-order valence-electron chi connectivity index (χ2n) is 7.45. The van der Waals surface area contributed by atoms with Gasteiger partial charge < -0.3 is 24.2 Å². The summed E-state index contributed by atoms with van der Waals surface area (Å²) in [7, 11) is 3.65. The minimum atomic E-state index is -0.562. The Morgan fingerprint density at radius 3 is 2.76 bits per heavy atom. The van der Waals surface area contributed by atoms with Crippen LogP contribution in [0.25, 0.3) is 0 Å². The highest BCUT2D eigenvalue weighted by Crippen LogP contribution is 2.32. The monoisotopic (exact) mass is 400 g/mol. The Hall–Kier alpha value is -2.28. The smallest absolute Gasteiger partial charge is 0.143 e. The highest BCUT2D eigenvalue weighted by atomic mass is 16.5. The molecule has 0 radical (unpaired) electrons. The number of hydrogen-bond acceptors (Lipinski definition) is 6. The van der Waals surface area contributed by atoms with Crippen molar-refractivity contribution in [1.29, 1.82) is 0 Å². The SMILES string of the molecule is CCN1C[C@@H](CN(C)C[C@@H](O)COCc2ccccc2OC)Oc2ccccc21. The quantitative estimate of drug-likeness (QED) is 0.662. The van der Waals surface area contributed by atoms with Crippen molar-refractivity contribution in [3.63, 3.8) is 0 Å². The largest absolute Gasteiger partial charge is 0.496 e. The van der Waals surface area contributed by atoms with E-state index >= 15 is 0 Å². The van der Waals surface area contributed by atoms with Gasteiger partial charge in [0.15, 0.2) is 0 Å². The molecule has 0 aliphatic carbocycles. The predicted molar refractivity (Wildman–Crippen MR) is 115 cm³/mol. The summed E-state index contributed by atoms with van der Waals surface area (Å²) in [5.41, 5.74) is 2.13. The average Bonchev–Trinajstić information content (AvgIpc) is 2.73. The fraction of sp³-hybridized carbons (Fsp3) is 0.478. The van der Waals surface area contributed by atoms with Crippen LogP contribution in [0.5, 0.6) is 11.5 Å². The summed E-state index contributed by atoms with van der Waals surface area (Å²) < 4.78 is 17.2. The number of aliphatic hydroxyl groups is 1. The van der Waals surface area contributed by atoms with Crippen molar-refractivity contribution in [3.05, 3.63) is 54.1 Å². The summed E-state index contributed by atoms with van der Waals surface area (Å²) in [6, 6.07) is 15.9. The minimum absolute atomic E-state index is 0.0662. The van der Waals surface area contributed by atoms with Crippen molar-refractivity contribution in [2.45, 2.75) is 25.7 Å². The Bertz CT molecular complexity index is 770. The van der Waals surface area contributed by atoms with E-state index in [9.17, 15) is 5.11 Å². The fourth-order valence-electron chi connectivity index (χ4n) is 3.74. The summed E-state index contributed by atoms with van der Waals surface area (Å²) in [5, 5.41) is 10.4. The molecule has 1 N–H and O–H groups in total. The molecule has 0 amide bonds. The van der Waals surface area contributed by atoms with E-state index in [0.717, 1.165) is 42.4 Å². The maximum atomic E-state index is 10.4. The van der Waals surface area contributed by atoms with Crippen LogP contribution in [0.4, 0.5) is 5.69 Å². The lowest BCUT2D eigenvalue weighted by atomic mass is 10.1. The maximum Gasteiger partial charge on any atom is 0.143 e. The molecule has 1 aliphatic rings. The summed E-state index contributed by atoms with van der Waals surface area (Å²) in [6.45, 7) is 5.91. The summed E-state index contributed by atoms with van der Waals surface area (Å²) in [4.78, 5) is 4.44. The number of ether oxygens (including phenoxy) is 3. The second-order valence-corrected chi connectivity index (χ2v) is 7.45. The molecule has 3 rings (SSSR count). The van der Waals surface area contributed by atoms with Gasteiger partial charge in [0.1, 0.15) is 17.6 Å². The van der Waals surface area contributed by atoms with Crippen LogP contribution in [0, 0.1) is 0 Å². The summed E-state index contributed by atoms with van der Waals surface area (Å²) in [5.74, 6) is 1.73. The van der Waals surface area contributed by atoms with Crippen molar-refractivity contribution in [2.75, 3.05) is 51.8 Å². The first-order valence-corrected chi connectivity index (χ1v) is 10.2. The van der Waals surface area contributed by atoms with E-state index in [4.69, 9.17) is 14.2 Å². The molecule has 1 aliphatic heterocycles. The molecule has 2 aromatic carbocycles. The van der Waals surface area contributed by atoms with Crippen molar-refractivity contribution >= 4 is 5.69 Å². The van der Waals surface area contributed by atoms with E-state index in [1.165, 1.54) is 0 Å². The Morgan fingerprint density at radius 2 is 1.97 bits per heavy atom. The third-order valence-corrected chi connectivity index (χ3v) is 5.10. The topological polar surface area (TPSA) is 54.4 Å². The molecule has 29 heavy (non-hydrogen) atoms. The molecule has 6 nitrogen and oxygen atoms in total. The second kappa shape index (κ2) is 10.5. The number of methoxy groups -OCH3 is 1. The number of fused-ring (bicyclic) bond motifs is 1. The van der Waals surface area contributed by atoms with Gasteiger partial charge in [-0.2, -0.15) is 0 Å². The Labute approximate surface area is 173 Å². The third-order valence-electron chi connectivity index (χ3n) is 5.10. The lowest BCUT2D eigenvalue weighted by Crippen LogP contribution is -2.47. The van der Waals surface area contributed by atoms with Crippen LogP contribution in [-0.4, -0.2) is 69.2 Å². The molecule has 2 atom stereocenters. The van der Waals surface area contributed by atoms with E-state index in [2.05, 4.69) is 22.8 Å². The number of likely N-dealkylation sites (N-methyl/N-ethyl adjacent to an activating group) is 2. The molecule has 0 aromatic heterocycles. The number of benzene rings is 2. The van der Waals surface area contributed by atoms with Crippen LogP contribution < -0.4 is 14.4 Å². The molecule has 0 bridgehead atoms. The number of anilines is 1. The predicted octanol–water partition coefficient (Wildman–Crippen LogP) is 2.79. The highest BCUT2D eigenvalue weighted by molar-refractivity contribution is 5.60. The van der Waals surface area contributed by atoms with Crippen molar-refractivity contribution in [3.8, 4) is 11.5 Å². The molecule has 0 saturated carbocycles. The minimum Gasteiger partial charge on any atom is -0.496 e. The van der Waals surface area contributed by atoms with Gasteiger partial charge in [-0.05, 0) is 32.2 Å². The first-order valence-electron chi connectivity index (χ1n) is 10.2. The zero-order valence-electron chi connectivity index (χ0n) is 17.6.